The van der Waals surface area contributed by atoms with Gasteiger partial charge in [-0.2, -0.15) is 0 Å². The second-order valence-corrected chi connectivity index (χ2v) is 7.75. The van der Waals surface area contributed by atoms with E-state index in [0.717, 1.165) is 37.9 Å². The summed E-state index contributed by atoms with van der Waals surface area (Å²) in [6.45, 7) is 2.43. The van der Waals surface area contributed by atoms with E-state index in [0.29, 0.717) is 18.9 Å². The van der Waals surface area contributed by atoms with E-state index < -0.39 is 10.0 Å². The fourth-order valence-corrected chi connectivity index (χ4v) is 3.54. The van der Waals surface area contributed by atoms with Gasteiger partial charge in [-0.25, -0.2) is 13.1 Å². The second-order valence-electron chi connectivity index (χ2n) is 5.86. The minimum atomic E-state index is -3.45. The number of hydrogen-bond donors (Lipinski definition) is 3. The maximum Gasteiger partial charge on any atom is 0.240 e. The third kappa shape index (κ3) is 5.60. The molecule has 0 radical (unpaired) electrons. The molecule has 3 N–H and O–H groups in total. The van der Waals surface area contributed by atoms with E-state index >= 15 is 0 Å². The van der Waals surface area contributed by atoms with Crippen LogP contribution < -0.4 is 15.4 Å². The molecule has 0 saturated carbocycles. The van der Waals surface area contributed by atoms with Gasteiger partial charge in [-0.15, -0.1) is 0 Å². The van der Waals surface area contributed by atoms with Gasteiger partial charge in [0.1, 0.15) is 0 Å². The quantitative estimate of drug-likeness (QED) is 0.691. The molecule has 0 spiro atoms. The first-order chi connectivity index (χ1) is 11.0. The second kappa shape index (κ2) is 8.42. The molecule has 1 aromatic rings. The van der Waals surface area contributed by atoms with Gasteiger partial charge in [-0.05, 0) is 63.0 Å². The highest BCUT2D eigenvalue weighted by molar-refractivity contribution is 7.89. The summed E-state index contributed by atoms with van der Waals surface area (Å²) in [6.07, 6.45) is 3.72. The third-order valence-electron chi connectivity index (χ3n) is 4.21. The first-order valence-corrected chi connectivity index (χ1v) is 9.49. The fourth-order valence-electron chi connectivity index (χ4n) is 2.74. The maximum atomic E-state index is 11.9. The molecule has 0 bridgehead atoms. The van der Waals surface area contributed by atoms with Gasteiger partial charge in [0.15, 0.2) is 0 Å². The monoisotopic (exact) mass is 339 g/mol. The van der Waals surface area contributed by atoms with Crippen LogP contribution in [0, 0.1) is 5.92 Å². The molecule has 6 nitrogen and oxygen atoms in total. The Morgan fingerprint density at radius 1 is 1.30 bits per heavy atom. The summed E-state index contributed by atoms with van der Waals surface area (Å²) in [7, 11) is -2.07. The first kappa shape index (κ1) is 17.9. The van der Waals surface area contributed by atoms with Gasteiger partial charge >= 0.3 is 0 Å². The number of amides is 1. The van der Waals surface area contributed by atoms with Crippen molar-refractivity contribution in [1.29, 1.82) is 0 Å². The lowest BCUT2D eigenvalue weighted by molar-refractivity contribution is -0.121. The summed E-state index contributed by atoms with van der Waals surface area (Å²) in [4.78, 5) is 12.1. The van der Waals surface area contributed by atoms with E-state index in [1.54, 1.807) is 12.1 Å². The molecular formula is C16H25N3O3S. The van der Waals surface area contributed by atoms with E-state index in [-0.39, 0.29) is 10.8 Å². The lowest BCUT2D eigenvalue weighted by Crippen LogP contribution is -2.29. The van der Waals surface area contributed by atoms with Crippen LogP contribution in [-0.2, 0) is 21.4 Å². The molecule has 0 atom stereocenters. The molecule has 0 unspecified atom stereocenters. The Bertz CT molecular complexity index is 625. The molecule has 7 heteroatoms. The zero-order valence-electron chi connectivity index (χ0n) is 13.5. The fraction of sp³-hybridized carbons (Fsp3) is 0.562. The third-order valence-corrected chi connectivity index (χ3v) is 5.62. The molecular weight excluding hydrogens is 314 g/mol. The van der Waals surface area contributed by atoms with Crippen molar-refractivity contribution in [3.05, 3.63) is 29.8 Å². The smallest absolute Gasteiger partial charge is 0.240 e. The van der Waals surface area contributed by atoms with Gasteiger partial charge in [0.25, 0.3) is 0 Å². The Kier molecular flexibility index (Phi) is 6.56. The van der Waals surface area contributed by atoms with Gasteiger partial charge in [0.05, 0.1) is 4.90 Å². The van der Waals surface area contributed by atoms with Crippen molar-refractivity contribution in [3.63, 3.8) is 0 Å². The van der Waals surface area contributed by atoms with Crippen LogP contribution in [0.15, 0.2) is 29.2 Å². The highest BCUT2D eigenvalue weighted by atomic mass is 32.2. The molecule has 2 rings (SSSR count). The number of rotatable bonds is 7. The highest BCUT2D eigenvalue weighted by Gasteiger charge is 2.15. The molecule has 1 fully saturated rings. The van der Waals surface area contributed by atoms with Gasteiger partial charge in [-0.3, -0.25) is 4.79 Å². The van der Waals surface area contributed by atoms with Crippen molar-refractivity contribution in [1.82, 2.24) is 15.4 Å². The molecule has 1 amide bonds. The molecule has 128 valence electrons. The van der Waals surface area contributed by atoms with Crippen molar-refractivity contribution in [2.24, 2.45) is 5.92 Å². The van der Waals surface area contributed by atoms with Crippen LogP contribution >= 0.6 is 0 Å². The van der Waals surface area contributed by atoms with Crippen molar-refractivity contribution >= 4 is 15.9 Å². The molecule has 1 saturated heterocycles. The predicted molar refractivity (Wildman–Crippen MR) is 89.4 cm³/mol. The van der Waals surface area contributed by atoms with Crippen LogP contribution in [0.4, 0.5) is 0 Å². The van der Waals surface area contributed by atoms with Crippen LogP contribution in [0.2, 0.25) is 0 Å². The van der Waals surface area contributed by atoms with E-state index in [9.17, 15) is 13.2 Å². The number of piperidine rings is 1. The van der Waals surface area contributed by atoms with Crippen LogP contribution in [0.5, 0.6) is 0 Å². The molecule has 23 heavy (non-hydrogen) atoms. The number of carbonyl (C=O) groups is 1. The standard InChI is InChI=1S/C16H25N3O3S/c1-17-23(21,22)15-4-2-3-14(11-15)12-19-16(20)6-5-13-7-9-18-10-8-13/h2-4,11,13,17-18H,5-10,12H2,1H3,(H,19,20). The normalized spacial score (nSPS) is 16.2. The number of benzene rings is 1. The van der Waals surface area contributed by atoms with E-state index in [2.05, 4.69) is 15.4 Å². The highest BCUT2D eigenvalue weighted by Crippen LogP contribution is 2.17. The van der Waals surface area contributed by atoms with Crippen molar-refractivity contribution in [2.75, 3.05) is 20.1 Å². The molecule has 0 aliphatic carbocycles. The van der Waals surface area contributed by atoms with Gasteiger partial charge in [0, 0.05) is 13.0 Å². The van der Waals surface area contributed by atoms with Crippen molar-refractivity contribution in [2.45, 2.75) is 37.1 Å². The zero-order valence-corrected chi connectivity index (χ0v) is 14.3. The molecule has 1 aromatic carbocycles. The Balaban J connectivity index is 1.81. The van der Waals surface area contributed by atoms with Crippen LogP contribution in [0.1, 0.15) is 31.2 Å². The topological polar surface area (TPSA) is 87.3 Å². The number of hydrogen-bond acceptors (Lipinski definition) is 4. The van der Waals surface area contributed by atoms with E-state index in [1.165, 1.54) is 13.1 Å². The molecule has 0 aromatic heterocycles. The molecule has 1 heterocycles. The summed E-state index contributed by atoms with van der Waals surface area (Å²) in [5.41, 5.74) is 0.775. The first-order valence-electron chi connectivity index (χ1n) is 8.01. The molecule has 1 aliphatic rings. The minimum Gasteiger partial charge on any atom is -0.352 e. The zero-order chi connectivity index (χ0) is 16.7. The van der Waals surface area contributed by atoms with Crippen LogP contribution in [0.25, 0.3) is 0 Å². The molecule has 1 aliphatic heterocycles. The van der Waals surface area contributed by atoms with Gasteiger partial charge in [0.2, 0.25) is 15.9 Å². The maximum absolute atomic E-state index is 11.9. The number of carbonyl (C=O) groups excluding carboxylic acids is 1. The van der Waals surface area contributed by atoms with E-state index in [1.807, 2.05) is 6.07 Å². The summed E-state index contributed by atoms with van der Waals surface area (Å²) in [6, 6.07) is 6.61. The van der Waals surface area contributed by atoms with E-state index in [4.69, 9.17) is 0 Å². The van der Waals surface area contributed by atoms with Crippen LogP contribution in [0.3, 0.4) is 0 Å². The summed E-state index contributed by atoms with van der Waals surface area (Å²) < 4.78 is 25.8. The Labute approximate surface area is 138 Å². The summed E-state index contributed by atoms with van der Waals surface area (Å²) >= 11 is 0. The summed E-state index contributed by atoms with van der Waals surface area (Å²) in [5.74, 6) is 0.650. The average molecular weight is 339 g/mol. The van der Waals surface area contributed by atoms with Gasteiger partial charge < -0.3 is 10.6 Å². The minimum absolute atomic E-state index is 0.0189. The largest absolute Gasteiger partial charge is 0.352 e. The summed E-state index contributed by atoms with van der Waals surface area (Å²) in [5, 5.41) is 6.18. The average Bonchev–Trinajstić information content (AvgIpc) is 2.59. The predicted octanol–water partition coefficient (Wildman–Crippen LogP) is 0.991. The van der Waals surface area contributed by atoms with Crippen molar-refractivity contribution in [3.8, 4) is 0 Å². The Morgan fingerprint density at radius 2 is 2.04 bits per heavy atom. The van der Waals surface area contributed by atoms with Crippen LogP contribution in [-0.4, -0.2) is 34.5 Å². The Hall–Kier alpha value is -1.44. The SMILES string of the molecule is CNS(=O)(=O)c1cccc(CNC(=O)CCC2CCNCC2)c1. The lowest BCUT2D eigenvalue weighted by atomic mass is 9.93. The Morgan fingerprint density at radius 3 is 2.74 bits per heavy atom. The lowest BCUT2D eigenvalue weighted by Gasteiger charge is -2.22. The number of sulfonamides is 1. The van der Waals surface area contributed by atoms with Gasteiger partial charge in [-0.1, -0.05) is 12.1 Å². The van der Waals surface area contributed by atoms with Crippen molar-refractivity contribution < 1.29 is 13.2 Å². The number of nitrogens with one attached hydrogen (secondary N) is 3.